The number of carbonyl (C=O) groups is 1. The summed E-state index contributed by atoms with van der Waals surface area (Å²) in [5.41, 5.74) is -2.19. The molecule has 0 atom stereocenters. The number of aromatic nitrogens is 4. The lowest BCUT2D eigenvalue weighted by Gasteiger charge is -2.22. The summed E-state index contributed by atoms with van der Waals surface area (Å²) in [6, 6.07) is 3.58. The van der Waals surface area contributed by atoms with Gasteiger partial charge in [0.05, 0.1) is 22.7 Å². The lowest BCUT2D eigenvalue weighted by atomic mass is 9.95. The number of aliphatic hydroxyl groups is 1. The summed E-state index contributed by atoms with van der Waals surface area (Å²) in [6.07, 6.45) is 4.19. The van der Waals surface area contributed by atoms with Gasteiger partial charge in [-0.2, -0.15) is 18.3 Å². The van der Waals surface area contributed by atoms with Crippen molar-refractivity contribution in [1.82, 2.24) is 19.7 Å². The summed E-state index contributed by atoms with van der Waals surface area (Å²) in [5, 5.41) is 18.6. The van der Waals surface area contributed by atoms with E-state index in [0.717, 1.165) is 43.6 Å². The van der Waals surface area contributed by atoms with Crippen molar-refractivity contribution >= 4 is 22.5 Å². The summed E-state index contributed by atoms with van der Waals surface area (Å²) in [4.78, 5) is 19.5. The van der Waals surface area contributed by atoms with Gasteiger partial charge in [0.25, 0.3) is 5.91 Å². The molecule has 0 spiro atoms. The van der Waals surface area contributed by atoms with Gasteiger partial charge in [-0.1, -0.05) is 19.3 Å². The summed E-state index contributed by atoms with van der Waals surface area (Å²) in [7, 11) is 0. The normalized spacial score (nSPS) is 15.8. The van der Waals surface area contributed by atoms with Crippen LogP contribution in [0.5, 0.6) is 0 Å². The molecule has 1 fully saturated rings. The van der Waals surface area contributed by atoms with Crippen LogP contribution in [-0.4, -0.2) is 30.8 Å². The third-order valence-electron chi connectivity index (χ3n) is 5.74. The number of anilines is 1. The molecule has 3 aromatic rings. The first kappa shape index (κ1) is 22.2. The highest BCUT2D eigenvalue weighted by atomic mass is 19.4. The van der Waals surface area contributed by atoms with E-state index in [9.17, 15) is 23.1 Å². The number of alkyl halides is 3. The SMILES string of the molecule is CC(C)(O)c1cc2nn(C3CCCCC3)cc2cc1NC(=O)c1cncnc1C(F)(F)F. The number of fused-ring (bicyclic) bond motifs is 1. The Hall–Kier alpha value is -3.01. The highest BCUT2D eigenvalue weighted by Gasteiger charge is 2.37. The van der Waals surface area contributed by atoms with Gasteiger partial charge in [-0.15, -0.1) is 0 Å². The molecule has 1 aliphatic rings. The number of amides is 1. The Balaban J connectivity index is 1.73. The van der Waals surface area contributed by atoms with E-state index in [1.165, 1.54) is 20.3 Å². The number of halogens is 3. The summed E-state index contributed by atoms with van der Waals surface area (Å²) in [6.45, 7) is 3.07. The van der Waals surface area contributed by atoms with Crippen molar-refractivity contribution in [3.05, 3.63) is 47.7 Å². The maximum absolute atomic E-state index is 13.3. The van der Waals surface area contributed by atoms with Crippen molar-refractivity contribution < 1.29 is 23.1 Å². The van der Waals surface area contributed by atoms with Crippen molar-refractivity contribution in [2.24, 2.45) is 0 Å². The minimum Gasteiger partial charge on any atom is -0.386 e. The van der Waals surface area contributed by atoms with Gasteiger partial charge in [0.1, 0.15) is 6.33 Å². The molecule has 2 N–H and O–H groups in total. The van der Waals surface area contributed by atoms with E-state index in [0.29, 0.717) is 11.1 Å². The second-order valence-corrected chi connectivity index (χ2v) is 8.65. The number of hydrogen-bond donors (Lipinski definition) is 2. The molecule has 1 aliphatic carbocycles. The molecule has 1 aromatic carbocycles. The molecule has 0 radical (unpaired) electrons. The summed E-state index contributed by atoms with van der Waals surface area (Å²) >= 11 is 0. The van der Waals surface area contributed by atoms with Crippen LogP contribution in [0.3, 0.4) is 0 Å². The van der Waals surface area contributed by atoms with Gasteiger partial charge in [-0.05, 0) is 38.8 Å². The molecule has 0 unspecified atom stereocenters. The number of carbonyl (C=O) groups excluding carboxylic acids is 1. The Morgan fingerprint density at radius 3 is 2.56 bits per heavy atom. The van der Waals surface area contributed by atoms with Gasteiger partial charge in [0.2, 0.25) is 0 Å². The van der Waals surface area contributed by atoms with Crippen LogP contribution >= 0.6 is 0 Å². The quantitative estimate of drug-likeness (QED) is 0.598. The zero-order valence-corrected chi connectivity index (χ0v) is 17.8. The number of hydrogen-bond acceptors (Lipinski definition) is 5. The van der Waals surface area contributed by atoms with E-state index in [1.807, 2.05) is 10.9 Å². The average molecular weight is 447 g/mol. The van der Waals surface area contributed by atoms with Gasteiger partial charge in [0.15, 0.2) is 5.69 Å². The number of nitrogens with one attached hydrogen (secondary N) is 1. The van der Waals surface area contributed by atoms with Crippen molar-refractivity contribution in [3.8, 4) is 0 Å². The Labute approximate surface area is 182 Å². The third kappa shape index (κ3) is 4.45. The molecular weight excluding hydrogens is 423 g/mol. The van der Waals surface area contributed by atoms with Crippen LogP contribution in [0.1, 0.15) is 73.6 Å². The summed E-state index contributed by atoms with van der Waals surface area (Å²) in [5.74, 6) is -1.01. The average Bonchev–Trinajstić information content (AvgIpc) is 3.15. The zero-order chi connectivity index (χ0) is 23.1. The Bertz CT molecular complexity index is 1140. The molecule has 0 bridgehead atoms. The van der Waals surface area contributed by atoms with Gasteiger partial charge in [-0.25, -0.2) is 9.97 Å². The van der Waals surface area contributed by atoms with Crippen LogP contribution < -0.4 is 5.32 Å². The Morgan fingerprint density at radius 1 is 1.19 bits per heavy atom. The summed E-state index contributed by atoms with van der Waals surface area (Å²) < 4.78 is 41.8. The van der Waals surface area contributed by atoms with Crippen molar-refractivity contribution in [3.63, 3.8) is 0 Å². The van der Waals surface area contributed by atoms with E-state index < -0.39 is 28.9 Å². The van der Waals surface area contributed by atoms with Crippen LogP contribution in [0.15, 0.2) is 30.9 Å². The van der Waals surface area contributed by atoms with Crippen LogP contribution in [-0.2, 0) is 11.8 Å². The Morgan fingerprint density at radius 2 is 1.91 bits per heavy atom. The van der Waals surface area contributed by atoms with E-state index in [-0.39, 0.29) is 11.7 Å². The molecule has 170 valence electrons. The van der Waals surface area contributed by atoms with Crippen LogP contribution in [0, 0.1) is 0 Å². The molecule has 2 heterocycles. The highest BCUT2D eigenvalue weighted by Crippen LogP contribution is 2.35. The fourth-order valence-electron chi connectivity index (χ4n) is 4.14. The molecule has 1 saturated carbocycles. The molecule has 0 saturated heterocycles. The minimum absolute atomic E-state index is 0.204. The predicted octanol–water partition coefficient (Wildman–Crippen LogP) is 4.83. The largest absolute Gasteiger partial charge is 0.434 e. The number of nitrogens with zero attached hydrogens (tertiary/aromatic N) is 4. The second-order valence-electron chi connectivity index (χ2n) is 8.65. The molecule has 10 heteroatoms. The monoisotopic (exact) mass is 447 g/mol. The van der Waals surface area contributed by atoms with E-state index in [2.05, 4.69) is 20.4 Å². The fraction of sp³-hybridized carbons (Fsp3) is 0.455. The van der Waals surface area contributed by atoms with Gasteiger partial charge in [0, 0.05) is 29.0 Å². The van der Waals surface area contributed by atoms with Crippen LogP contribution in [0.25, 0.3) is 10.9 Å². The Kier molecular flexibility index (Phi) is 5.66. The molecule has 32 heavy (non-hydrogen) atoms. The second kappa shape index (κ2) is 8.16. The molecule has 2 aromatic heterocycles. The molecule has 7 nitrogen and oxygen atoms in total. The van der Waals surface area contributed by atoms with Gasteiger partial charge < -0.3 is 10.4 Å². The van der Waals surface area contributed by atoms with E-state index in [1.54, 1.807) is 12.1 Å². The zero-order valence-electron chi connectivity index (χ0n) is 17.8. The lowest BCUT2D eigenvalue weighted by Crippen LogP contribution is -2.23. The lowest BCUT2D eigenvalue weighted by molar-refractivity contribution is -0.141. The standard InChI is InChI=1S/C22H24F3N5O2/c1-21(2,32)16-9-17-13(11-30(29-17)14-6-4-3-5-7-14)8-18(16)28-20(31)15-10-26-12-27-19(15)22(23,24)25/h8-12,14,32H,3-7H2,1-2H3,(H,28,31). The van der Waals surface area contributed by atoms with Crippen molar-refractivity contribution in [2.75, 3.05) is 5.32 Å². The minimum atomic E-state index is -4.81. The first-order valence-electron chi connectivity index (χ1n) is 10.5. The predicted molar refractivity (Wildman–Crippen MR) is 112 cm³/mol. The first-order valence-corrected chi connectivity index (χ1v) is 10.5. The first-order chi connectivity index (χ1) is 15.0. The molecular formula is C22H24F3N5O2. The number of rotatable bonds is 4. The van der Waals surface area contributed by atoms with Crippen LogP contribution in [0.2, 0.25) is 0 Å². The maximum atomic E-state index is 13.3. The van der Waals surface area contributed by atoms with Crippen molar-refractivity contribution in [2.45, 2.75) is 63.8 Å². The van der Waals surface area contributed by atoms with Gasteiger partial charge >= 0.3 is 6.18 Å². The fourth-order valence-corrected chi connectivity index (χ4v) is 4.14. The van der Waals surface area contributed by atoms with Gasteiger partial charge in [-0.3, -0.25) is 9.48 Å². The van der Waals surface area contributed by atoms with E-state index >= 15 is 0 Å². The number of benzene rings is 1. The highest BCUT2D eigenvalue weighted by molar-refractivity contribution is 6.06. The molecule has 0 aliphatic heterocycles. The van der Waals surface area contributed by atoms with E-state index in [4.69, 9.17) is 0 Å². The van der Waals surface area contributed by atoms with Crippen LogP contribution in [0.4, 0.5) is 18.9 Å². The molecule has 4 rings (SSSR count). The van der Waals surface area contributed by atoms with Crippen molar-refractivity contribution in [1.29, 1.82) is 0 Å². The maximum Gasteiger partial charge on any atom is 0.434 e. The third-order valence-corrected chi connectivity index (χ3v) is 5.74. The smallest absolute Gasteiger partial charge is 0.386 e. The molecule has 1 amide bonds. The topological polar surface area (TPSA) is 92.9 Å².